The van der Waals surface area contributed by atoms with Gasteiger partial charge in [-0.3, -0.25) is 4.55 Å². The van der Waals surface area contributed by atoms with Gasteiger partial charge < -0.3 is 9.47 Å². The number of carbonyl (C=O) groups is 2. The van der Waals surface area contributed by atoms with Crippen molar-refractivity contribution in [2.24, 2.45) is 0 Å². The van der Waals surface area contributed by atoms with Crippen molar-refractivity contribution in [2.45, 2.75) is 12.8 Å². The zero-order valence-electron chi connectivity index (χ0n) is 11.0. The quantitative estimate of drug-likeness (QED) is 0.303. The van der Waals surface area contributed by atoms with E-state index in [1.807, 2.05) is 0 Å². The summed E-state index contributed by atoms with van der Waals surface area (Å²) in [6.45, 7) is -0.997. The molecular weight excluding hydrogens is 314 g/mol. The van der Waals surface area contributed by atoms with Crippen LogP contribution < -0.4 is 0 Å². The van der Waals surface area contributed by atoms with E-state index in [-0.39, 0.29) is 0 Å². The lowest BCUT2D eigenvalue weighted by Crippen LogP contribution is -2.20. The lowest BCUT2D eigenvalue weighted by Gasteiger charge is -2.08. The molecule has 120 valence electrons. The van der Waals surface area contributed by atoms with Gasteiger partial charge in [0.05, 0.1) is 0 Å². The fourth-order valence-electron chi connectivity index (χ4n) is 0.810. The van der Waals surface area contributed by atoms with Gasteiger partial charge in [0, 0.05) is 19.1 Å². The molecule has 0 aliphatic carbocycles. The van der Waals surface area contributed by atoms with E-state index in [0.29, 0.717) is 6.92 Å². The SMILES string of the molecule is CC(F)(F)COC(=O)/C=C/C=C/C(=O)OCCS(=O)(=O)O. The predicted octanol–water partition coefficient (Wildman–Crippen LogP) is 0.728. The van der Waals surface area contributed by atoms with Crippen LogP contribution in [-0.4, -0.2) is 49.8 Å². The van der Waals surface area contributed by atoms with Crippen molar-refractivity contribution in [3.8, 4) is 0 Å². The van der Waals surface area contributed by atoms with Crippen molar-refractivity contribution < 1.29 is 40.8 Å². The molecule has 7 nitrogen and oxygen atoms in total. The first kappa shape index (κ1) is 19.2. The molecule has 21 heavy (non-hydrogen) atoms. The van der Waals surface area contributed by atoms with Crippen molar-refractivity contribution in [1.29, 1.82) is 0 Å². The summed E-state index contributed by atoms with van der Waals surface area (Å²) in [7, 11) is -4.21. The minimum Gasteiger partial charge on any atom is -0.461 e. The summed E-state index contributed by atoms with van der Waals surface area (Å²) < 4.78 is 62.3. The maximum atomic E-state index is 12.3. The Hall–Kier alpha value is -1.81. The Morgan fingerprint density at radius 3 is 2.05 bits per heavy atom. The maximum absolute atomic E-state index is 12.3. The molecule has 0 aromatic rings. The fourth-order valence-corrected chi connectivity index (χ4v) is 1.10. The molecule has 0 bridgehead atoms. The molecule has 0 saturated heterocycles. The number of esters is 2. The van der Waals surface area contributed by atoms with E-state index in [4.69, 9.17) is 4.55 Å². The summed E-state index contributed by atoms with van der Waals surface area (Å²) in [6.07, 6.45) is 3.80. The molecular formula is C11H14F2O7S. The van der Waals surface area contributed by atoms with E-state index < -0.39 is 46.9 Å². The van der Waals surface area contributed by atoms with E-state index >= 15 is 0 Å². The van der Waals surface area contributed by atoms with Crippen molar-refractivity contribution in [3.05, 3.63) is 24.3 Å². The van der Waals surface area contributed by atoms with Crippen molar-refractivity contribution in [1.82, 2.24) is 0 Å². The molecule has 1 N–H and O–H groups in total. The average molecular weight is 328 g/mol. The Morgan fingerprint density at radius 1 is 1.14 bits per heavy atom. The molecule has 0 rings (SSSR count). The monoisotopic (exact) mass is 328 g/mol. The normalized spacial score (nSPS) is 12.8. The van der Waals surface area contributed by atoms with Crippen LogP contribution in [0.1, 0.15) is 6.92 Å². The van der Waals surface area contributed by atoms with Gasteiger partial charge in [-0.15, -0.1) is 0 Å². The fraction of sp³-hybridized carbons (Fsp3) is 0.455. The number of halogens is 2. The lowest BCUT2D eigenvalue weighted by molar-refractivity contribution is -0.147. The maximum Gasteiger partial charge on any atom is 0.330 e. The second kappa shape index (κ2) is 8.47. The van der Waals surface area contributed by atoms with Crippen LogP contribution in [-0.2, 0) is 29.2 Å². The molecule has 0 amide bonds. The van der Waals surface area contributed by atoms with Gasteiger partial charge in [-0.25, -0.2) is 18.4 Å². The van der Waals surface area contributed by atoms with Crippen LogP contribution in [0.5, 0.6) is 0 Å². The van der Waals surface area contributed by atoms with E-state index in [2.05, 4.69) is 9.47 Å². The summed E-state index contributed by atoms with van der Waals surface area (Å²) in [6, 6.07) is 0. The van der Waals surface area contributed by atoms with Gasteiger partial charge in [-0.2, -0.15) is 8.42 Å². The molecule has 0 radical (unpaired) electrons. The van der Waals surface area contributed by atoms with E-state index in [9.17, 15) is 26.8 Å². The predicted molar refractivity (Wildman–Crippen MR) is 67.2 cm³/mol. The third-order valence-corrected chi connectivity index (χ3v) is 2.31. The Labute approximate surface area is 120 Å². The molecule has 0 fully saturated rings. The summed E-state index contributed by atoms with van der Waals surface area (Å²) in [5.74, 6) is -5.78. The Morgan fingerprint density at radius 2 is 1.62 bits per heavy atom. The Kier molecular flexibility index (Phi) is 7.74. The van der Waals surface area contributed by atoms with Crippen LogP contribution in [0.2, 0.25) is 0 Å². The van der Waals surface area contributed by atoms with Crippen molar-refractivity contribution >= 4 is 22.1 Å². The lowest BCUT2D eigenvalue weighted by atomic mass is 10.4. The van der Waals surface area contributed by atoms with Gasteiger partial charge in [-0.05, 0) is 0 Å². The van der Waals surface area contributed by atoms with E-state index in [1.54, 1.807) is 0 Å². The average Bonchev–Trinajstić information content (AvgIpc) is 2.29. The Balaban J connectivity index is 4.00. The van der Waals surface area contributed by atoms with Crippen LogP contribution in [0.3, 0.4) is 0 Å². The summed E-state index contributed by atoms with van der Waals surface area (Å²) in [4.78, 5) is 21.9. The highest BCUT2D eigenvalue weighted by Crippen LogP contribution is 2.11. The van der Waals surface area contributed by atoms with Crippen LogP contribution in [0.15, 0.2) is 24.3 Å². The molecule has 0 heterocycles. The molecule has 0 spiro atoms. The molecule has 0 aliphatic heterocycles. The molecule has 0 atom stereocenters. The number of hydrogen-bond donors (Lipinski definition) is 1. The van der Waals surface area contributed by atoms with Crippen LogP contribution >= 0.6 is 0 Å². The second-order valence-electron chi connectivity index (χ2n) is 3.85. The third-order valence-electron chi connectivity index (χ3n) is 1.63. The largest absolute Gasteiger partial charge is 0.461 e. The first-order valence-electron chi connectivity index (χ1n) is 5.51. The summed E-state index contributed by atoms with van der Waals surface area (Å²) in [5.41, 5.74) is 0. The van der Waals surface area contributed by atoms with Gasteiger partial charge in [0.2, 0.25) is 0 Å². The van der Waals surface area contributed by atoms with Gasteiger partial charge in [0.1, 0.15) is 12.4 Å². The van der Waals surface area contributed by atoms with Gasteiger partial charge in [-0.1, -0.05) is 12.2 Å². The standard InChI is InChI=1S/C11H14F2O7S/c1-11(12,13)8-20-10(15)5-3-2-4-9(14)19-6-7-21(16,17)18/h2-5H,6-8H2,1H3,(H,16,17,18)/b4-2+,5-3+. The van der Waals surface area contributed by atoms with E-state index in [1.165, 1.54) is 0 Å². The number of rotatable bonds is 8. The van der Waals surface area contributed by atoms with Gasteiger partial charge in [0.15, 0.2) is 6.61 Å². The van der Waals surface area contributed by atoms with Crippen LogP contribution in [0, 0.1) is 0 Å². The molecule has 0 saturated carbocycles. The van der Waals surface area contributed by atoms with Gasteiger partial charge >= 0.3 is 11.9 Å². The topological polar surface area (TPSA) is 107 Å². The molecule has 0 aromatic carbocycles. The smallest absolute Gasteiger partial charge is 0.330 e. The van der Waals surface area contributed by atoms with Crippen molar-refractivity contribution in [3.63, 3.8) is 0 Å². The first-order valence-corrected chi connectivity index (χ1v) is 7.12. The summed E-state index contributed by atoms with van der Waals surface area (Å²) in [5, 5.41) is 0. The summed E-state index contributed by atoms with van der Waals surface area (Å²) >= 11 is 0. The number of alkyl halides is 2. The number of ether oxygens (including phenoxy) is 2. The van der Waals surface area contributed by atoms with Crippen molar-refractivity contribution in [2.75, 3.05) is 19.0 Å². The van der Waals surface area contributed by atoms with Crippen LogP contribution in [0.4, 0.5) is 8.78 Å². The first-order chi connectivity index (χ1) is 9.49. The minimum atomic E-state index is -4.21. The third kappa shape index (κ3) is 14.4. The van der Waals surface area contributed by atoms with Gasteiger partial charge in [0.25, 0.3) is 16.0 Å². The zero-order valence-corrected chi connectivity index (χ0v) is 11.8. The number of carbonyl (C=O) groups excluding carboxylic acids is 2. The van der Waals surface area contributed by atoms with E-state index in [0.717, 1.165) is 24.3 Å². The molecule has 10 heteroatoms. The number of hydrogen-bond acceptors (Lipinski definition) is 6. The zero-order chi connectivity index (χ0) is 16.5. The number of allylic oxidation sites excluding steroid dienone is 2. The molecule has 0 aliphatic rings. The highest BCUT2D eigenvalue weighted by atomic mass is 32.2. The second-order valence-corrected chi connectivity index (χ2v) is 5.42. The van der Waals surface area contributed by atoms with Crippen LogP contribution in [0.25, 0.3) is 0 Å². The highest BCUT2D eigenvalue weighted by Gasteiger charge is 2.22. The highest BCUT2D eigenvalue weighted by molar-refractivity contribution is 7.85. The Bertz CT molecular complexity index is 517. The molecule has 0 aromatic heterocycles. The molecule has 0 unspecified atom stereocenters. The minimum absolute atomic E-state index is 0.528.